The van der Waals surface area contributed by atoms with E-state index in [1.807, 2.05) is 38.1 Å². The molecule has 0 bridgehead atoms. The van der Waals surface area contributed by atoms with E-state index in [0.717, 1.165) is 11.5 Å². The van der Waals surface area contributed by atoms with Gasteiger partial charge in [0.25, 0.3) is 5.91 Å². The Morgan fingerprint density at radius 1 is 0.833 bits per heavy atom. The number of carbonyl (C=O) groups is 1. The van der Waals surface area contributed by atoms with Gasteiger partial charge in [-0.15, -0.1) is 0 Å². The van der Waals surface area contributed by atoms with Gasteiger partial charge in [-0.1, -0.05) is 0 Å². The third-order valence-electron chi connectivity index (χ3n) is 3.24. The minimum atomic E-state index is -0.164. The van der Waals surface area contributed by atoms with Crippen molar-refractivity contribution in [2.45, 2.75) is 13.8 Å². The van der Waals surface area contributed by atoms with E-state index >= 15 is 0 Å². The van der Waals surface area contributed by atoms with Gasteiger partial charge in [0, 0.05) is 17.9 Å². The second kappa shape index (κ2) is 9.57. The molecule has 0 aliphatic carbocycles. The molecule has 0 spiro atoms. The molecule has 24 heavy (non-hydrogen) atoms. The number of hydrogen-bond acceptors (Lipinski definition) is 4. The van der Waals surface area contributed by atoms with Crippen LogP contribution in [0.25, 0.3) is 0 Å². The average molecular weight is 329 g/mol. The van der Waals surface area contributed by atoms with Gasteiger partial charge < -0.3 is 19.5 Å². The van der Waals surface area contributed by atoms with Gasteiger partial charge in [0.2, 0.25) is 0 Å². The Balaban J connectivity index is 1.87. The molecule has 0 unspecified atom stereocenters. The Hall–Kier alpha value is -2.53. The van der Waals surface area contributed by atoms with E-state index < -0.39 is 0 Å². The molecule has 0 saturated carbocycles. The molecule has 1 N–H and O–H groups in total. The number of rotatable bonds is 9. The maximum Gasteiger partial charge on any atom is 0.255 e. The second-order valence-electron chi connectivity index (χ2n) is 4.98. The molecule has 5 nitrogen and oxygen atoms in total. The predicted molar refractivity (Wildman–Crippen MR) is 94.0 cm³/mol. The molecule has 0 atom stereocenters. The van der Waals surface area contributed by atoms with E-state index in [9.17, 15) is 4.79 Å². The minimum absolute atomic E-state index is 0.164. The molecule has 0 saturated heterocycles. The van der Waals surface area contributed by atoms with Gasteiger partial charge in [-0.2, -0.15) is 0 Å². The van der Waals surface area contributed by atoms with Gasteiger partial charge in [-0.3, -0.25) is 4.79 Å². The second-order valence-corrected chi connectivity index (χ2v) is 4.98. The molecular formula is C19H23NO4. The van der Waals surface area contributed by atoms with Crippen molar-refractivity contribution in [3.63, 3.8) is 0 Å². The fourth-order valence-electron chi connectivity index (χ4n) is 2.07. The van der Waals surface area contributed by atoms with Crippen molar-refractivity contribution in [3.05, 3.63) is 54.1 Å². The van der Waals surface area contributed by atoms with Gasteiger partial charge in [-0.05, 0) is 62.4 Å². The first-order chi connectivity index (χ1) is 11.7. The van der Waals surface area contributed by atoms with Crippen LogP contribution in [0.1, 0.15) is 24.2 Å². The minimum Gasteiger partial charge on any atom is -0.494 e. The summed E-state index contributed by atoms with van der Waals surface area (Å²) in [6.07, 6.45) is 0. The molecule has 2 aromatic carbocycles. The summed E-state index contributed by atoms with van der Waals surface area (Å²) in [7, 11) is 0. The number of amides is 1. The van der Waals surface area contributed by atoms with E-state index in [1.54, 1.807) is 24.3 Å². The Kier molecular flexibility index (Phi) is 7.11. The van der Waals surface area contributed by atoms with Gasteiger partial charge in [-0.25, -0.2) is 0 Å². The van der Waals surface area contributed by atoms with Crippen LogP contribution in [0.5, 0.6) is 11.5 Å². The quantitative estimate of drug-likeness (QED) is 0.712. The van der Waals surface area contributed by atoms with Crippen molar-refractivity contribution in [1.82, 2.24) is 0 Å². The first-order valence-electron chi connectivity index (χ1n) is 8.07. The van der Waals surface area contributed by atoms with Crippen LogP contribution < -0.4 is 14.8 Å². The lowest BCUT2D eigenvalue weighted by molar-refractivity contribution is 0.102. The number of ether oxygens (including phenoxy) is 3. The topological polar surface area (TPSA) is 56.8 Å². The van der Waals surface area contributed by atoms with Crippen LogP contribution in [0.2, 0.25) is 0 Å². The Morgan fingerprint density at radius 2 is 1.46 bits per heavy atom. The average Bonchev–Trinajstić information content (AvgIpc) is 2.61. The number of hydrogen-bond donors (Lipinski definition) is 1. The lowest BCUT2D eigenvalue weighted by atomic mass is 10.2. The third-order valence-corrected chi connectivity index (χ3v) is 3.24. The summed E-state index contributed by atoms with van der Waals surface area (Å²) in [4.78, 5) is 12.2. The van der Waals surface area contributed by atoms with Gasteiger partial charge >= 0.3 is 0 Å². The molecule has 2 aromatic rings. The molecule has 0 fully saturated rings. The standard InChI is InChI=1S/C19H23NO4/c1-3-22-13-14-24-18-11-7-16(8-12-18)20-19(21)15-5-9-17(10-6-15)23-4-2/h5-12H,3-4,13-14H2,1-2H3,(H,20,21). The number of carbonyl (C=O) groups excluding carboxylic acids is 1. The SMILES string of the molecule is CCOCCOc1ccc(NC(=O)c2ccc(OCC)cc2)cc1. The fraction of sp³-hybridized carbons (Fsp3) is 0.316. The normalized spacial score (nSPS) is 10.2. The Morgan fingerprint density at radius 3 is 2.08 bits per heavy atom. The zero-order valence-corrected chi connectivity index (χ0v) is 14.1. The molecule has 0 heterocycles. The van der Waals surface area contributed by atoms with Crippen LogP contribution in [-0.2, 0) is 4.74 Å². The smallest absolute Gasteiger partial charge is 0.255 e. The summed E-state index contributed by atoms with van der Waals surface area (Å²) in [5.74, 6) is 1.33. The van der Waals surface area contributed by atoms with Crippen LogP contribution in [0.15, 0.2) is 48.5 Å². The fourth-order valence-corrected chi connectivity index (χ4v) is 2.07. The highest BCUT2D eigenvalue weighted by Gasteiger charge is 2.06. The number of anilines is 1. The van der Waals surface area contributed by atoms with E-state index in [0.29, 0.717) is 37.7 Å². The summed E-state index contributed by atoms with van der Waals surface area (Å²) in [6.45, 7) is 6.22. The lowest BCUT2D eigenvalue weighted by Gasteiger charge is -2.09. The summed E-state index contributed by atoms with van der Waals surface area (Å²) < 4.78 is 16.1. The van der Waals surface area contributed by atoms with Crippen LogP contribution in [-0.4, -0.2) is 32.3 Å². The summed E-state index contributed by atoms with van der Waals surface area (Å²) in [5, 5.41) is 2.85. The Bertz CT molecular complexity index is 623. The largest absolute Gasteiger partial charge is 0.494 e. The zero-order valence-electron chi connectivity index (χ0n) is 14.1. The molecular weight excluding hydrogens is 306 g/mol. The molecule has 0 aliphatic rings. The van der Waals surface area contributed by atoms with E-state index in [2.05, 4.69) is 5.32 Å². The zero-order chi connectivity index (χ0) is 17.2. The van der Waals surface area contributed by atoms with E-state index in [1.165, 1.54) is 0 Å². The molecule has 0 aromatic heterocycles. The van der Waals surface area contributed by atoms with Crippen LogP contribution in [0, 0.1) is 0 Å². The highest BCUT2D eigenvalue weighted by atomic mass is 16.5. The maximum absolute atomic E-state index is 12.2. The van der Waals surface area contributed by atoms with E-state index in [4.69, 9.17) is 14.2 Å². The summed E-state index contributed by atoms with van der Waals surface area (Å²) >= 11 is 0. The van der Waals surface area contributed by atoms with Crippen molar-refractivity contribution in [1.29, 1.82) is 0 Å². The first kappa shape index (κ1) is 17.8. The van der Waals surface area contributed by atoms with Crippen molar-refractivity contribution in [2.24, 2.45) is 0 Å². The molecule has 2 rings (SSSR count). The highest BCUT2D eigenvalue weighted by molar-refractivity contribution is 6.04. The summed E-state index contributed by atoms with van der Waals surface area (Å²) in [6, 6.07) is 14.3. The highest BCUT2D eigenvalue weighted by Crippen LogP contribution is 2.17. The maximum atomic E-state index is 12.2. The number of nitrogens with one attached hydrogen (secondary N) is 1. The first-order valence-corrected chi connectivity index (χ1v) is 8.07. The van der Waals surface area contributed by atoms with Gasteiger partial charge in [0.15, 0.2) is 0 Å². The molecule has 0 aliphatic heterocycles. The van der Waals surface area contributed by atoms with Crippen molar-refractivity contribution in [2.75, 3.05) is 31.7 Å². The molecule has 5 heteroatoms. The van der Waals surface area contributed by atoms with Crippen molar-refractivity contribution >= 4 is 11.6 Å². The molecule has 1 amide bonds. The van der Waals surface area contributed by atoms with Crippen LogP contribution >= 0.6 is 0 Å². The van der Waals surface area contributed by atoms with Crippen molar-refractivity contribution in [3.8, 4) is 11.5 Å². The van der Waals surface area contributed by atoms with Crippen LogP contribution in [0.3, 0.4) is 0 Å². The van der Waals surface area contributed by atoms with E-state index in [-0.39, 0.29) is 5.91 Å². The predicted octanol–water partition coefficient (Wildman–Crippen LogP) is 3.75. The van der Waals surface area contributed by atoms with Gasteiger partial charge in [0.05, 0.1) is 13.2 Å². The summed E-state index contributed by atoms with van der Waals surface area (Å²) in [5.41, 5.74) is 1.29. The third kappa shape index (κ3) is 5.59. The van der Waals surface area contributed by atoms with Crippen LogP contribution in [0.4, 0.5) is 5.69 Å². The molecule has 128 valence electrons. The van der Waals surface area contributed by atoms with Crippen molar-refractivity contribution < 1.29 is 19.0 Å². The lowest BCUT2D eigenvalue weighted by Crippen LogP contribution is -2.11. The number of benzene rings is 2. The monoisotopic (exact) mass is 329 g/mol. The Labute approximate surface area is 142 Å². The molecule has 0 radical (unpaired) electrons. The van der Waals surface area contributed by atoms with Gasteiger partial charge in [0.1, 0.15) is 18.1 Å².